The van der Waals surface area contributed by atoms with Crippen molar-refractivity contribution in [2.45, 2.75) is 58.4 Å². The third kappa shape index (κ3) is 10.6. The van der Waals surface area contributed by atoms with E-state index in [0.717, 1.165) is 28.8 Å². The van der Waals surface area contributed by atoms with Gasteiger partial charge in [-0.25, -0.2) is 0 Å². The van der Waals surface area contributed by atoms with E-state index in [1.165, 1.54) is 19.3 Å². The molecule has 4 aromatic rings. The number of aliphatic carboxylic acids is 2. The van der Waals surface area contributed by atoms with Crippen molar-refractivity contribution in [3.8, 4) is 28.4 Å². The van der Waals surface area contributed by atoms with Gasteiger partial charge in [0.15, 0.2) is 0 Å². The first-order valence-electron chi connectivity index (χ1n) is 18.7. The van der Waals surface area contributed by atoms with Crippen LogP contribution in [0.5, 0.6) is 17.2 Å². The minimum atomic E-state index is -1.63. The standard InChI is InChI=1S/C42H48Cl2N4O10/c1-26-28(6-3-7-31(26)32-8-4-9-34(37(32)44)56-15-5-12-48-13-10-42(25-50,11-14-48)40(54)55)23-58-36-18-35(57-22-27-16-30(38(45)51)20-46-19-27)29(17-33(36)43)21-47-41(2,24-49)39(52)53/h3-4,6-9,16-20,47,49-50H,5,10-15,21-25H2,1-2H3,(H2,45,51)(H,52,53)(H,54,55). The molecule has 1 aliphatic rings. The number of piperidine rings is 1. The molecule has 16 heteroatoms. The predicted molar refractivity (Wildman–Crippen MR) is 217 cm³/mol. The highest BCUT2D eigenvalue weighted by Crippen LogP contribution is 2.39. The van der Waals surface area contributed by atoms with E-state index in [2.05, 4.69) is 15.2 Å². The second kappa shape index (κ2) is 19.7. The number of pyridine rings is 1. The van der Waals surface area contributed by atoms with Gasteiger partial charge in [-0.05, 0) is 81.1 Å². The molecule has 0 saturated carbocycles. The Kier molecular flexibility index (Phi) is 15.0. The maximum Gasteiger partial charge on any atom is 0.326 e. The summed E-state index contributed by atoms with van der Waals surface area (Å²) < 4.78 is 18.5. The number of amides is 1. The van der Waals surface area contributed by atoms with E-state index in [-0.39, 0.29) is 37.0 Å². The lowest BCUT2D eigenvalue weighted by molar-refractivity contribution is -0.155. The number of nitrogens with zero attached hydrogens (tertiary/aromatic N) is 2. The molecule has 1 aromatic heterocycles. The summed E-state index contributed by atoms with van der Waals surface area (Å²) in [5.41, 5.74) is 7.41. The van der Waals surface area contributed by atoms with Crippen LogP contribution in [0.2, 0.25) is 10.0 Å². The zero-order chi connectivity index (χ0) is 42.0. The number of likely N-dealkylation sites (tertiary alicyclic amines) is 1. The first-order chi connectivity index (χ1) is 27.7. The number of rotatable bonds is 20. The molecule has 1 unspecified atom stereocenters. The molecule has 0 bridgehead atoms. The average Bonchev–Trinajstić information content (AvgIpc) is 3.21. The van der Waals surface area contributed by atoms with Crippen LogP contribution in [0.3, 0.4) is 0 Å². The highest BCUT2D eigenvalue weighted by atomic mass is 35.5. The summed E-state index contributed by atoms with van der Waals surface area (Å²) >= 11 is 13.6. The normalized spacial score (nSPS) is 15.0. The lowest BCUT2D eigenvalue weighted by Crippen LogP contribution is -2.52. The molecule has 1 amide bonds. The van der Waals surface area contributed by atoms with E-state index in [4.69, 9.17) is 43.1 Å². The molecular weight excluding hydrogens is 791 g/mol. The summed E-state index contributed by atoms with van der Waals surface area (Å²) in [5.74, 6) is -1.68. The number of primary amides is 1. The van der Waals surface area contributed by atoms with Crippen LogP contribution in [0.25, 0.3) is 11.1 Å². The summed E-state index contributed by atoms with van der Waals surface area (Å²) in [5, 5.41) is 42.2. The Morgan fingerprint density at radius 3 is 2.29 bits per heavy atom. The van der Waals surface area contributed by atoms with Crippen molar-refractivity contribution in [2.24, 2.45) is 11.1 Å². The van der Waals surface area contributed by atoms with E-state index >= 15 is 0 Å². The van der Waals surface area contributed by atoms with E-state index < -0.39 is 35.4 Å². The number of carboxylic acid groups (broad SMARTS) is 2. The number of nitrogens with one attached hydrogen (secondary N) is 1. The molecule has 58 heavy (non-hydrogen) atoms. The molecular formula is C42H48Cl2N4O10. The van der Waals surface area contributed by atoms with Crippen molar-refractivity contribution >= 4 is 41.0 Å². The van der Waals surface area contributed by atoms with Gasteiger partial charge in [0.25, 0.3) is 0 Å². The van der Waals surface area contributed by atoms with Crippen molar-refractivity contribution in [1.82, 2.24) is 15.2 Å². The topological polar surface area (TPSA) is 214 Å². The molecule has 14 nitrogen and oxygen atoms in total. The molecule has 7 N–H and O–H groups in total. The van der Waals surface area contributed by atoms with Crippen LogP contribution in [-0.2, 0) is 29.3 Å². The Morgan fingerprint density at radius 1 is 0.914 bits per heavy atom. The molecule has 0 spiro atoms. The van der Waals surface area contributed by atoms with E-state index in [1.807, 2.05) is 43.3 Å². The van der Waals surface area contributed by atoms with Gasteiger partial charge in [-0.15, -0.1) is 0 Å². The second-order valence-corrected chi connectivity index (χ2v) is 15.3. The van der Waals surface area contributed by atoms with Gasteiger partial charge in [-0.1, -0.05) is 53.5 Å². The molecule has 1 atom stereocenters. The number of hydrogen-bond donors (Lipinski definition) is 6. The smallest absolute Gasteiger partial charge is 0.326 e. The molecule has 1 saturated heterocycles. The monoisotopic (exact) mass is 838 g/mol. The number of aromatic nitrogens is 1. The van der Waals surface area contributed by atoms with E-state index in [1.54, 1.807) is 18.2 Å². The van der Waals surface area contributed by atoms with Gasteiger partial charge in [0.1, 0.15) is 36.0 Å². The Morgan fingerprint density at radius 2 is 1.62 bits per heavy atom. The van der Waals surface area contributed by atoms with Crippen LogP contribution in [0.1, 0.15) is 58.8 Å². The average molecular weight is 840 g/mol. The lowest BCUT2D eigenvalue weighted by atomic mass is 9.79. The molecule has 0 radical (unpaired) electrons. The maximum atomic E-state index is 11.8. The molecule has 0 aliphatic carbocycles. The van der Waals surface area contributed by atoms with Crippen LogP contribution < -0.4 is 25.3 Å². The molecule has 1 aliphatic heterocycles. The second-order valence-electron chi connectivity index (χ2n) is 14.6. The summed E-state index contributed by atoms with van der Waals surface area (Å²) in [6.07, 6.45) is 4.39. The zero-order valence-corrected chi connectivity index (χ0v) is 33.8. The molecule has 5 rings (SSSR count). The van der Waals surface area contributed by atoms with E-state index in [9.17, 15) is 34.8 Å². The molecule has 1 fully saturated rings. The van der Waals surface area contributed by atoms with Gasteiger partial charge in [0, 0.05) is 48.2 Å². The highest BCUT2D eigenvalue weighted by molar-refractivity contribution is 6.35. The fraction of sp³-hybridized carbons (Fsp3) is 0.381. The Balaban J connectivity index is 1.28. The largest absolute Gasteiger partial charge is 0.492 e. The van der Waals surface area contributed by atoms with Crippen LogP contribution >= 0.6 is 23.2 Å². The summed E-state index contributed by atoms with van der Waals surface area (Å²) in [6.45, 7) is 4.72. The van der Waals surface area contributed by atoms with Gasteiger partial charge in [-0.3, -0.25) is 24.7 Å². The molecule has 2 heterocycles. The Labute approximate surface area is 346 Å². The number of aliphatic hydroxyl groups excluding tert-OH is 2. The molecule has 310 valence electrons. The number of carbonyl (C=O) groups excluding carboxylic acids is 1. The fourth-order valence-electron chi connectivity index (χ4n) is 6.54. The number of carboxylic acids is 2. The number of nitrogens with two attached hydrogens (primary N) is 1. The highest BCUT2D eigenvalue weighted by Gasteiger charge is 2.41. The Hall–Kier alpha value is -4.96. The lowest BCUT2D eigenvalue weighted by Gasteiger charge is -2.37. The SMILES string of the molecule is Cc1c(COc2cc(OCc3cncc(C(N)=O)c3)c(CNC(C)(CO)C(=O)O)cc2Cl)cccc1-c1cccc(OCCCN2CCC(CO)(C(=O)O)CC2)c1Cl. The van der Waals surface area contributed by atoms with Crippen molar-refractivity contribution in [2.75, 3.05) is 39.5 Å². The minimum absolute atomic E-state index is 0.0118. The molecule has 3 aromatic carbocycles. The van der Waals surface area contributed by atoms with Crippen molar-refractivity contribution in [1.29, 1.82) is 0 Å². The number of carbonyl (C=O) groups is 3. The minimum Gasteiger partial charge on any atom is -0.492 e. The third-order valence-corrected chi connectivity index (χ3v) is 11.3. The van der Waals surface area contributed by atoms with Crippen molar-refractivity contribution < 1.29 is 49.0 Å². The maximum absolute atomic E-state index is 11.8. The van der Waals surface area contributed by atoms with Crippen LogP contribution in [-0.4, -0.2) is 93.1 Å². The number of aliphatic hydroxyl groups is 2. The summed E-state index contributed by atoms with van der Waals surface area (Å²) in [6, 6.07) is 16.2. The zero-order valence-electron chi connectivity index (χ0n) is 32.3. The van der Waals surface area contributed by atoms with Crippen LogP contribution in [0.4, 0.5) is 0 Å². The predicted octanol–water partition coefficient (Wildman–Crippen LogP) is 5.47. The first-order valence-corrected chi connectivity index (χ1v) is 19.4. The Bertz CT molecular complexity index is 2110. The van der Waals surface area contributed by atoms with Gasteiger partial charge < -0.3 is 45.3 Å². The summed E-state index contributed by atoms with van der Waals surface area (Å²) in [7, 11) is 0. The quantitative estimate of drug-likeness (QED) is 0.0610. The van der Waals surface area contributed by atoms with Crippen LogP contribution in [0.15, 0.2) is 67.0 Å². The van der Waals surface area contributed by atoms with Gasteiger partial charge in [0.05, 0.1) is 40.8 Å². The van der Waals surface area contributed by atoms with Gasteiger partial charge in [0.2, 0.25) is 5.91 Å². The summed E-state index contributed by atoms with van der Waals surface area (Å²) in [4.78, 5) is 41.4. The van der Waals surface area contributed by atoms with Gasteiger partial charge in [-0.2, -0.15) is 0 Å². The number of ether oxygens (including phenoxy) is 3. The third-order valence-electron chi connectivity index (χ3n) is 10.6. The fourth-order valence-corrected chi connectivity index (χ4v) is 7.07. The van der Waals surface area contributed by atoms with Crippen molar-refractivity contribution in [3.05, 3.63) is 105 Å². The van der Waals surface area contributed by atoms with Crippen LogP contribution in [0, 0.1) is 12.3 Å². The number of halogens is 2. The first kappa shape index (κ1) is 44.1. The van der Waals surface area contributed by atoms with Crippen molar-refractivity contribution in [3.63, 3.8) is 0 Å². The number of hydrogen-bond acceptors (Lipinski definition) is 11. The van der Waals surface area contributed by atoms with E-state index in [0.29, 0.717) is 72.4 Å². The number of benzene rings is 3. The van der Waals surface area contributed by atoms with Gasteiger partial charge >= 0.3 is 11.9 Å².